The fraction of sp³-hybridized carbons (Fsp3) is 0.750. The minimum absolute atomic E-state index is 0.444. The summed E-state index contributed by atoms with van der Waals surface area (Å²) in [6.07, 6.45) is 4.31. The molecule has 0 aliphatic carbocycles. The first-order chi connectivity index (χ1) is 4.24. The van der Waals surface area contributed by atoms with Gasteiger partial charge in [-0.1, -0.05) is 18.6 Å². The van der Waals surface area contributed by atoms with Gasteiger partial charge >= 0.3 is 0 Å². The van der Waals surface area contributed by atoms with Gasteiger partial charge in [0, 0.05) is 0 Å². The van der Waals surface area contributed by atoms with Gasteiger partial charge in [-0.15, -0.1) is 0 Å². The van der Waals surface area contributed by atoms with E-state index in [1.807, 2.05) is 0 Å². The summed E-state index contributed by atoms with van der Waals surface area (Å²) in [6, 6.07) is 0. The van der Waals surface area contributed by atoms with Crippen molar-refractivity contribution in [2.45, 2.75) is 39.4 Å². The summed E-state index contributed by atoms with van der Waals surface area (Å²) in [7, 11) is 0. The molecule has 1 aliphatic rings. The van der Waals surface area contributed by atoms with E-state index in [-0.39, 0.29) is 0 Å². The average Bonchev–Trinajstić information content (AvgIpc) is 2.45. The van der Waals surface area contributed by atoms with Crippen molar-refractivity contribution in [2.75, 3.05) is 0 Å². The van der Waals surface area contributed by atoms with Crippen LogP contribution in [0.1, 0.15) is 27.2 Å². The monoisotopic (exact) mass is 126 g/mol. The van der Waals surface area contributed by atoms with Crippen LogP contribution in [0.25, 0.3) is 0 Å². The van der Waals surface area contributed by atoms with Gasteiger partial charge in [-0.25, -0.2) is 0 Å². The van der Waals surface area contributed by atoms with Crippen LogP contribution in [-0.4, -0.2) is 12.2 Å². The van der Waals surface area contributed by atoms with E-state index in [0.29, 0.717) is 12.2 Å². The van der Waals surface area contributed by atoms with Crippen molar-refractivity contribution in [1.82, 2.24) is 0 Å². The number of ether oxygens (including phenoxy) is 1. The van der Waals surface area contributed by atoms with Crippen LogP contribution in [0.3, 0.4) is 0 Å². The van der Waals surface area contributed by atoms with Gasteiger partial charge in [-0.05, 0) is 20.3 Å². The van der Waals surface area contributed by atoms with Crippen LogP contribution >= 0.6 is 0 Å². The summed E-state index contributed by atoms with van der Waals surface area (Å²) < 4.78 is 5.30. The number of epoxide rings is 1. The van der Waals surface area contributed by atoms with Gasteiger partial charge in [0.2, 0.25) is 0 Å². The fourth-order valence-corrected chi connectivity index (χ4v) is 0.960. The highest BCUT2D eigenvalue weighted by atomic mass is 16.6. The Balaban J connectivity index is 2.27. The highest BCUT2D eigenvalue weighted by molar-refractivity contribution is 5.07. The molecule has 0 spiro atoms. The maximum Gasteiger partial charge on any atom is 0.102 e. The summed E-state index contributed by atoms with van der Waals surface area (Å²) in [5, 5.41) is 0. The number of allylic oxidation sites excluding steroid dienone is 1. The fourth-order valence-electron chi connectivity index (χ4n) is 0.960. The van der Waals surface area contributed by atoms with Crippen LogP contribution in [0.15, 0.2) is 11.6 Å². The van der Waals surface area contributed by atoms with Crippen LogP contribution in [0.4, 0.5) is 0 Å². The lowest BCUT2D eigenvalue weighted by molar-refractivity contribution is 0.384. The van der Waals surface area contributed by atoms with Gasteiger partial charge in [-0.3, -0.25) is 0 Å². The zero-order valence-corrected chi connectivity index (χ0v) is 6.35. The van der Waals surface area contributed by atoms with E-state index >= 15 is 0 Å². The standard InChI is InChI=1S/C8H14O/c1-4-7-8(9-7)5-6(2)3/h5,7-8H,4H2,1-3H3. The van der Waals surface area contributed by atoms with Crippen molar-refractivity contribution < 1.29 is 4.74 Å². The van der Waals surface area contributed by atoms with Crippen molar-refractivity contribution in [3.05, 3.63) is 11.6 Å². The van der Waals surface area contributed by atoms with E-state index in [9.17, 15) is 0 Å². The minimum Gasteiger partial charge on any atom is -0.365 e. The molecule has 1 aliphatic heterocycles. The molecule has 52 valence electrons. The van der Waals surface area contributed by atoms with E-state index < -0.39 is 0 Å². The molecule has 9 heavy (non-hydrogen) atoms. The molecule has 2 unspecified atom stereocenters. The van der Waals surface area contributed by atoms with Crippen LogP contribution in [0, 0.1) is 0 Å². The molecule has 0 amide bonds. The average molecular weight is 126 g/mol. The molecular weight excluding hydrogens is 112 g/mol. The highest BCUT2D eigenvalue weighted by Crippen LogP contribution is 2.26. The lowest BCUT2D eigenvalue weighted by atomic mass is 10.2. The predicted octanol–water partition coefficient (Wildman–Crippen LogP) is 2.13. The molecular formula is C8H14O. The van der Waals surface area contributed by atoms with E-state index in [1.54, 1.807) is 0 Å². The van der Waals surface area contributed by atoms with E-state index in [4.69, 9.17) is 4.74 Å². The zero-order valence-electron chi connectivity index (χ0n) is 6.35. The summed E-state index contributed by atoms with van der Waals surface area (Å²) in [6.45, 7) is 6.37. The molecule has 1 heteroatoms. The van der Waals surface area contributed by atoms with Crippen LogP contribution in [0.5, 0.6) is 0 Å². The Bertz CT molecular complexity index is 123. The Kier molecular flexibility index (Phi) is 1.91. The summed E-state index contributed by atoms with van der Waals surface area (Å²) in [5.74, 6) is 0. The maximum atomic E-state index is 5.30. The van der Waals surface area contributed by atoms with Crippen molar-refractivity contribution in [3.63, 3.8) is 0 Å². The normalized spacial score (nSPS) is 31.9. The molecule has 0 N–H and O–H groups in total. The Labute approximate surface area is 56.7 Å². The van der Waals surface area contributed by atoms with E-state index in [0.717, 1.165) is 6.42 Å². The lowest BCUT2D eigenvalue weighted by Gasteiger charge is -1.83. The second-order valence-corrected chi connectivity index (χ2v) is 2.79. The molecule has 0 bridgehead atoms. The van der Waals surface area contributed by atoms with Crippen LogP contribution in [0.2, 0.25) is 0 Å². The van der Waals surface area contributed by atoms with Gasteiger partial charge < -0.3 is 4.74 Å². The molecule has 0 aromatic heterocycles. The Morgan fingerprint density at radius 1 is 1.56 bits per heavy atom. The minimum atomic E-state index is 0.444. The van der Waals surface area contributed by atoms with Crippen molar-refractivity contribution in [3.8, 4) is 0 Å². The molecule has 1 saturated heterocycles. The van der Waals surface area contributed by atoms with Crippen LogP contribution < -0.4 is 0 Å². The Morgan fingerprint density at radius 2 is 2.22 bits per heavy atom. The zero-order chi connectivity index (χ0) is 6.85. The van der Waals surface area contributed by atoms with Gasteiger partial charge in [0.15, 0.2) is 0 Å². The molecule has 1 heterocycles. The van der Waals surface area contributed by atoms with Gasteiger partial charge in [0.05, 0.1) is 6.10 Å². The molecule has 0 aromatic carbocycles. The second kappa shape index (κ2) is 2.53. The lowest BCUT2D eigenvalue weighted by Crippen LogP contribution is -1.86. The first-order valence-electron chi connectivity index (χ1n) is 3.54. The predicted molar refractivity (Wildman–Crippen MR) is 38.4 cm³/mol. The first-order valence-corrected chi connectivity index (χ1v) is 3.54. The molecule has 2 atom stereocenters. The Morgan fingerprint density at radius 3 is 2.56 bits per heavy atom. The van der Waals surface area contributed by atoms with Crippen molar-refractivity contribution in [2.24, 2.45) is 0 Å². The van der Waals surface area contributed by atoms with Gasteiger partial charge in [-0.2, -0.15) is 0 Å². The van der Waals surface area contributed by atoms with E-state index in [1.165, 1.54) is 5.57 Å². The third kappa shape index (κ3) is 1.83. The van der Waals surface area contributed by atoms with Crippen LogP contribution in [-0.2, 0) is 4.74 Å². The highest BCUT2D eigenvalue weighted by Gasteiger charge is 2.34. The Hall–Kier alpha value is -0.300. The molecule has 0 aromatic rings. The SMILES string of the molecule is CCC1OC1C=C(C)C. The number of hydrogen-bond donors (Lipinski definition) is 0. The quantitative estimate of drug-likeness (QED) is 0.408. The van der Waals surface area contributed by atoms with Gasteiger partial charge in [0.25, 0.3) is 0 Å². The first kappa shape index (κ1) is 6.81. The van der Waals surface area contributed by atoms with E-state index in [2.05, 4.69) is 26.8 Å². The molecule has 0 radical (unpaired) electrons. The molecule has 1 fully saturated rings. The third-order valence-electron chi connectivity index (χ3n) is 1.52. The topological polar surface area (TPSA) is 12.5 Å². The number of rotatable bonds is 2. The molecule has 1 nitrogen and oxygen atoms in total. The summed E-state index contributed by atoms with van der Waals surface area (Å²) in [4.78, 5) is 0. The van der Waals surface area contributed by atoms with Crippen molar-refractivity contribution >= 4 is 0 Å². The number of hydrogen-bond acceptors (Lipinski definition) is 1. The third-order valence-corrected chi connectivity index (χ3v) is 1.52. The summed E-state index contributed by atoms with van der Waals surface area (Å²) in [5.41, 5.74) is 1.36. The molecule has 1 rings (SSSR count). The van der Waals surface area contributed by atoms with Crippen molar-refractivity contribution in [1.29, 1.82) is 0 Å². The largest absolute Gasteiger partial charge is 0.365 e. The second-order valence-electron chi connectivity index (χ2n) is 2.79. The molecule has 0 saturated carbocycles. The van der Waals surface area contributed by atoms with Gasteiger partial charge in [0.1, 0.15) is 6.10 Å². The maximum absolute atomic E-state index is 5.30. The summed E-state index contributed by atoms with van der Waals surface area (Å²) >= 11 is 0. The smallest absolute Gasteiger partial charge is 0.102 e.